The summed E-state index contributed by atoms with van der Waals surface area (Å²) in [6.45, 7) is 3.70. The first-order valence-corrected chi connectivity index (χ1v) is 9.53. The number of hydrogen-bond donors (Lipinski definition) is 1. The molecule has 0 amide bonds. The molecule has 7 nitrogen and oxygen atoms in total. The minimum Gasteiger partial charge on any atom is -0.487 e. The third-order valence-electron chi connectivity index (χ3n) is 4.53. The molecule has 0 aliphatic carbocycles. The van der Waals surface area contributed by atoms with Crippen molar-refractivity contribution in [3.8, 4) is 23.8 Å². The Morgan fingerprint density at radius 2 is 1.67 bits per heavy atom. The highest BCUT2D eigenvalue weighted by Gasteiger charge is 2.13. The van der Waals surface area contributed by atoms with Crippen LogP contribution in [-0.2, 0) is 9.47 Å². The van der Waals surface area contributed by atoms with Gasteiger partial charge in [-0.1, -0.05) is 12.0 Å². The van der Waals surface area contributed by atoms with Crippen LogP contribution in [0, 0.1) is 19.3 Å². The summed E-state index contributed by atoms with van der Waals surface area (Å²) >= 11 is 0. The van der Waals surface area contributed by atoms with Crippen LogP contribution in [-0.4, -0.2) is 50.6 Å². The number of ether oxygens (including phenoxy) is 4. The number of anilines is 2. The monoisotopic (exact) mass is 407 g/mol. The molecule has 0 spiro atoms. The molecule has 0 fully saturated rings. The van der Waals surface area contributed by atoms with Gasteiger partial charge < -0.3 is 24.3 Å². The highest BCUT2D eigenvalue weighted by Crippen LogP contribution is 2.35. The zero-order valence-corrected chi connectivity index (χ0v) is 17.4. The molecule has 0 aliphatic heterocycles. The van der Waals surface area contributed by atoms with Gasteiger partial charge in [-0.15, -0.1) is 6.42 Å². The number of methoxy groups -OCH3 is 2. The fourth-order valence-electron chi connectivity index (χ4n) is 2.91. The lowest BCUT2D eigenvalue weighted by Crippen LogP contribution is -2.09. The van der Waals surface area contributed by atoms with Crippen LogP contribution in [0.25, 0.3) is 10.9 Å². The standard InChI is InChI=1S/C23H25N3O4/c1-5-17-7-6-8-19(16(17)2)26-23-18-13-21(29-11-9-27-3)22(30-12-10-28-4)14-20(18)24-15-25-23/h1,6-8,13-15H,9-12H2,2-4H3,(H,24,25,26). The van der Waals surface area contributed by atoms with Crippen LogP contribution in [0.2, 0.25) is 0 Å². The van der Waals surface area contributed by atoms with Crippen LogP contribution in [0.3, 0.4) is 0 Å². The fraction of sp³-hybridized carbons (Fsp3) is 0.304. The number of nitrogens with one attached hydrogen (secondary N) is 1. The lowest BCUT2D eigenvalue weighted by Gasteiger charge is -2.16. The summed E-state index contributed by atoms with van der Waals surface area (Å²) in [7, 11) is 3.25. The molecule has 3 rings (SSSR count). The van der Waals surface area contributed by atoms with E-state index in [1.807, 2.05) is 37.3 Å². The van der Waals surface area contributed by atoms with Gasteiger partial charge in [-0.3, -0.25) is 0 Å². The van der Waals surface area contributed by atoms with E-state index in [0.29, 0.717) is 43.7 Å². The molecule has 1 heterocycles. The zero-order valence-electron chi connectivity index (χ0n) is 17.4. The van der Waals surface area contributed by atoms with E-state index >= 15 is 0 Å². The Kier molecular flexibility index (Phi) is 7.44. The maximum atomic E-state index is 5.88. The molecule has 0 aliphatic rings. The van der Waals surface area contributed by atoms with E-state index in [2.05, 4.69) is 21.2 Å². The van der Waals surface area contributed by atoms with E-state index < -0.39 is 0 Å². The van der Waals surface area contributed by atoms with Crippen molar-refractivity contribution < 1.29 is 18.9 Å². The minimum absolute atomic E-state index is 0.391. The second kappa shape index (κ2) is 10.4. The predicted octanol–water partition coefficient (Wildman–Crippen LogP) is 3.71. The molecule has 0 saturated heterocycles. The lowest BCUT2D eigenvalue weighted by molar-refractivity contribution is 0.132. The Balaban J connectivity index is 1.99. The van der Waals surface area contributed by atoms with Gasteiger partial charge in [0.1, 0.15) is 25.4 Å². The quantitative estimate of drug-likeness (QED) is 0.406. The molecule has 1 N–H and O–H groups in total. The molecule has 0 saturated carbocycles. The molecule has 1 aromatic heterocycles. The molecule has 0 radical (unpaired) electrons. The van der Waals surface area contributed by atoms with Crippen molar-refractivity contribution in [2.24, 2.45) is 0 Å². The smallest absolute Gasteiger partial charge is 0.163 e. The third-order valence-corrected chi connectivity index (χ3v) is 4.53. The Hall–Kier alpha value is -3.34. The van der Waals surface area contributed by atoms with Gasteiger partial charge in [-0.25, -0.2) is 9.97 Å². The summed E-state index contributed by atoms with van der Waals surface area (Å²) in [6.07, 6.45) is 7.10. The van der Waals surface area contributed by atoms with Crippen molar-refractivity contribution >= 4 is 22.4 Å². The highest BCUT2D eigenvalue weighted by atomic mass is 16.5. The summed E-state index contributed by atoms with van der Waals surface area (Å²) in [4.78, 5) is 8.82. The number of rotatable bonds is 10. The first kappa shape index (κ1) is 21.4. The molecule has 3 aromatic rings. The van der Waals surface area contributed by atoms with Crippen LogP contribution >= 0.6 is 0 Å². The zero-order chi connectivity index (χ0) is 21.3. The minimum atomic E-state index is 0.391. The summed E-state index contributed by atoms with van der Waals surface area (Å²) in [5, 5.41) is 4.17. The summed E-state index contributed by atoms with van der Waals surface area (Å²) in [5.74, 6) is 4.52. The first-order valence-electron chi connectivity index (χ1n) is 9.53. The van der Waals surface area contributed by atoms with Crippen molar-refractivity contribution in [3.05, 3.63) is 47.8 Å². The van der Waals surface area contributed by atoms with E-state index in [-0.39, 0.29) is 0 Å². The number of terminal acetylenes is 1. The van der Waals surface area contributed by atoms with Crippen LogP contribution in [0.4, 0.5) is 11.5 Å². The fourth-order valence-corrected chi connectivity index (χ4v) is 2.91. The van der Waals surface area contributed by atoms with Gasteiger partial charge in [0.05, 0.1) is 18.7 Å². The second-order valence-corrected chi connectivity index (χ2v) is 6.47. The predicted molar refractivity (Wildman–Crippen MR) is 117 cm³/mol. The van der Waals surface area contributed by atoms with Crippen molar-refractivity contribution in [2.75, 3.05) is 46.0 Å². The largest absolute Gasteiger partial charge is 0.487 e. The molecule has 7 heteroatoms. The number of benzene rings is 2. The maximum absolute atomic E-state index is 5.88. The van der Waals surface area contributed by atoms with Gasteiger partial charge in [-0.2, -0.15) is 0 Å². The molecule has 0 unspecified atom stereocenters. The Labute approximate surface area is 176 Å². The third kappa shape index (κ3) is 4.98. The second-order valence-electron chi connectivity index (χ2n) is 6.47. The van der Waals surface area contributed by atoms with E-state index in [9.17, 15) is 0 Å². The maximum Gasteiger partial charge on any atom is 0.163 e. The Bertz CT molecular complexity index is 1050. The summed E-state index contributed by atoms with van der Waals surface area (Å²) in [5.41, 5.74) is 3.41. The number of fused-ring (bicyclic) bond motifs is 1. The van der Waals surface area contributed by atoms with Gasteiger partial charge >= 0.3 is 0 Å². The normalized spacial score (nSPS) is 10.6. The molecule has 0 bridgehead atoms. The van der Waals surface area contributed by atoms with E-state index in [1.54, 1.807) is 14.2 Å². The SMILES string of the molecule is C#Cc1cccc(Nc2ncnc3cc(OCCOC)c(OCCOC)cc23)c1C. The molecular formula is C23H25N3O4. The van der Waals surface area contributed by atoms with Gasteiger partial charge in [0.2, 0.25) is 0 Å². The lowest BCUT2D eigenvalue weighted by atomic mass is 10.1. The van der Waals surface area contributed by atoms with Crippen LogP contribution in [0.15, 0.2) is 36.7 Å². The average molecular weight is 407 g/mol. The topological polar surface area (TPSA) is 74.7 Å². The van der Waals surface area contributed by atoms with Gasteiger partial charge in [0.15, 0.2) is 11.5 Å². The molecule has 30 heavy (non-hydrogen) atoms. The van der Waals surface area contributed by atoms with Crippen LogP contribution in [0.1, 0.15) is 11.1 Å². The molecule has 2 aromatic carbocycles. The Morgan fingerprint density at radius 3 is 2.33 bits per heavy atom. The number of nitrogens with zero attached hydrogens (tertiary/aromatic N) is 2. The number of hydrogen-bond acceptors (Lipinski definition) is 7. The van der Waals surface area contributed by atoms with E-state index in [0.717, 1.165) is 27.7 Å². The summed E-state index contributed by atoms with van der Waals surface area (Å²) in [6, 6.07) is 9.49. The summed E-state index contributed by atoms with van der Waals surface area (Å²) < 4.78 is 21.9. The van der Waals surface area contributed by atoms with E-state index in [1.165, 1.54) is 6.33 Å². The molecular weight excluding hydrogens is 382 g/mol. The van der Waals surface area contributed by atoms with Gasteiger partial charge in [-0.05, 0) is 30.7 Å². The number of aromatic nitrogens is 2. The molecule has 156 valence electrons. The van der Waals surface area contributed by atoms with Crippen LogP contribution in [0.5, 0.6) is 11.5 Å². The van der Waals surface area contributed by atoms with Gasteiger partial charge in [0, 0.05) is 36.9 Å². The Morgan fingerprint density at radius 1 is 0.967 bits per heavy atom. The van der Waals surface area contributed by atoms with Crippen LogP contribution < -0.4 is 14.8 Å². The first-order chi connectivity index (χ1) is 14.7. The van der Waals surface area contributed by atoms with Crippen molar-refractivity contribution in [3.63, 3.8) is 0 Å². The van der Waals surface area contributed by atoms with Crippen molar-refractivity contribution in [1.29, 1.82) is 0 Å². The van der Waals surface area contributed by atoms with Gasteiger partial charge in [0.25, 0.3) is 0 Å². The average Bonchev–Trinajstić information content (AvgIpc) is 2.76. The highest BCUT2D eigenvalue weighted by molar-refractivity contribution is 5.93. The van der Waals surface area contributed by atoms with Crippen molar-refractivity contribution in [1.82, 2.24) is 9.97 Å². The molecule has 0 atom stereocenters. The van der Waals surface area contributed by atoms with Crippen molar-refractivity contribution in [2.45, 2.75) is 6.92 Å². The van der Waals surface area contributed by atoms with E-state index in [4.69, 9.17) is 25.4 Å².